The fourth-order valence-electron chi connectivity index (χ4n) is 1.82. The maximum absolute atomic E-state index is 12.0. The summed E-state index contributed by atoms with van der Waals surface area (Å²) < 4.78 is 8.15. The zero-order valence-electron chi connectivity index (χ0n) is 11.3. The topological polar surface area (TPSA) is 104 Å². The monoisotopic (exact) mass is 328 g/mol. The molecule has 0 saturated carbocycles. The van der Waals surface area contributed by atoms with Gasteiger partial charge in [0.15, 0.2) is 0 Å². The van der Waals surface area contributed by atoms with Crippen molar-refractivity contribution in [1.82, 2.24) is 14.1 Å². The highest BCUT2D eigenvalue weighted by molar-refractivity contribution is 7.00. The number of urea groups is 1. The molecule has 0 atom stereocenters. The van der Waals surface area contributed by atoms with Crippen LogP contribution < -0.4 is 10.6 Å². The number of amides is 2. The minimum atomic E-state index is -0.996. The molecule has 2 amide bonds. The minimum absolute atomic E-state index is 0.198. The van der Waals surface area contributed by atoms with E-state index in [0.717, 1.165) is 11.7 Å². The Hall–Kier alpha value is -1.93. The number of carboxylic acids is 1. The molecule has 0 unspecified atom stereocenters. The van der Waals surface area contributed by atoms with Gasteiger partial charge in [-0.1, -0.05) is 11.6 Å². The van der Waals surface area contributed by atoms with Crippen LogP contribution in [0.25, 0.3) is 11.0 Å². The van der Waals surface area contributed by atoms with Crippen molar-refractivity contribution in [3.8, 4) is 0 Å². The van der Waals surface area contributed by atoms with Gasteiger partial charge in [-0.3, -0.25) is 4.79 Å². The van der Waals surface area contributed by atoms with Crippen molar-refractivity contribution < 1.29 is 14.7 Å². The van der Waals surface area contributed by atoms with Crippen LogP contribution in [0.2, 0.25) is 5.02 Å². The van der Waals surface area contributed by atoms with Gasteiger partial charge in [0.2, 0.25) is 0 Å². The third kappa shape index (κ3) is 3.79. The first-order valence-corrected chi connectivity index (χ1v) is 7.11. The van der Waals surface area contributed by atoms with E-state index in [-0.39, 0.29) is 6.42 Å². The number of hydrogen-bond donors (Lipinski definition) is 3. The van der Waals surface area contributed by atoms with Gasteiger partial charge >= 0.3 is 12.0 Å². The number of nitrogens with one attached hydrogen (secondary N) is 2. The number of carboxylic acid groups (broad SMARTS) is 1. The summed E-state index contributed by atoms with van der Waals surface area (Å²) in [5.41, 5.74) is 0.589. The highest BCUT2D eigenvalue weighted by Gasteiger charge is 2.24. The smallest absolute Gasteiger partial charge is 0.319 e. The maximum Gasteiger partial charge on any atom is 0.319 e. The fourth-order valence-corrected chi connectivity index (χ4v) is 2.56. The molecule has 1 aromatic carbocycles. The van der Waals surface area contributed by atoms with Crippen molar-refractivity contribution in [2.45, 2.75) is 25.8 Å². The fraction of sp³-hybridized carbons (Fsp3) is 0.333. The van der Waals surface area contributed by atoms with E-state index in [1.54, 1.807) is 26.0 Å². The Kier molecular flexibility index (Phi) is 4.29. The van der Waals surface area contributed by atoms with Gasteiger partial charge in [-0.25, -0.2) is 4.79 Å². The first-order chi connectivity index (χ1) is 9.78. The van der Waals surface area contributed by atoms with Crippen LogP contribution in [0.1, 0.15) is 20.3 Å². The summed E-state index contributed by atoms with van der Waals surface area (Å²) in [6.45, 7) is 3.24. The molecule has 3 N–H and O–H groups in total. The van der Waals surface area contributed by atoms with Crippen molar-refractivity contribution in [2.75, 3.05) is 5.32 Å². The predicted octanol–water partition coefficient (Wildman–Crippen LogP) is 2.72. The Balaban J connectivity index is 2.17. The highest BCUT2D eigenvalue weighted by Crippen LogP contribution is 2.29. The predicted molar refractivity (Wildman–Crippen MR) is 80.9 cm³/mol. The number of anilines is 1. The van der Waals surface area contributed by atoms with Crippen LogP contribution in [0.4, 0.5) is 10.5 Å². The van der Waals surface area contributed by atoms with Crippen LogP contribution in [0, 0.1) is 0 Å². The Bertz CT molecular complexity index is 701. The molecule has 0 aliphatic rings. The van der Waals surface area contributed by atoms with E-state index in [9.17, 15) is 9.59 Å². The van der Waals surface area contributed by atoms with E-state index in [2.05, 4.69) is 19.4 Å². The average Bonchev–Trinajstić information content (AvgIpc) is 2.78. The summed E-state index contributed by atoms with van der Waals surface area (Å²) in [5.74, 6) is -0.996. The van der Waals surface area contributed by atoms with Crippen molar-refractivity contribution in [1.29, 1.82) is 0 Å². The lowest BCUT2D eigenvalue weighted by atomic mass is 10.0. The van der Waals surface area contributed by atoms with Crippen molar-refractivity contribution in [3.63, 3.8) is 0 Å². The lowest BCUT2D eigenvalue weighted by molar-refractivity contribution is -0.138. The normalized spacial score (nSPS) is 11.4. The van der Waals surface area contributed by atoms with Gasteiger partial charge in [0.25, 0.3) is 0 Å². The largest absolute Gasteiger partial charge is 0.481 e. The highest BCUT2D eigenvalue weighted by atomic mass is 35.5. The molecule has 1 heterocycles. The molecule has 1 aromatic heterocycles. The van der Waals surface area contributed by atoms with E-state index in [0.29, 0.717) is 21.7 Å². The quantitative estimate of drug-likeness (QED) is 0.800. The van der Waals surface area contributed by atoms with Gasteiger partial charge in [0, 0.05) is 5.54 Å². The molecule has 0 saturated heterocycles. The lowest BCUT2D eigenvalue weighted by Gasteiger charge is -2.24. The van der Waals surface area contributed by atoms with Crippen LogP contribution >= 0.6 is 23.3 Å². The second-order valence-corrected chi connectivity index (χ2v) is 6.02. The van der Waals surface area contributed by atoms with Gasteiger partial charge in [-0.05, 0) is 26.0 Å². The standard InChI is InChI=1S/C12H13ClN4O3S/c1-12(2,5-8(18)19)15-11(20)14-9-6(13)3-4-7-10(9)17-21-16-7/h3-4H,5H2,1-2H3,(H,18,19)(H2,14,15,20). The lowest BCUT2D eigenvalue weighted by Crippen LogP contribution is -2.46. The van der Waals surface area contributed by atoms with Gasteiger partial charge in [0.05, 0.1) is 28.9 Å². The van der Waals surface area contributed by atoms with Crippen LogP contribution in [-0.2, 0) is 4.79 Å². The molecule has 0 fully saturated rings. The minimum Gasteiger partial charge on any atom is -0.481 e. The van der Waals surface area contributed by atoms with E-state index in [1.165, 1.54) is 0 Å². The molecule has 2 rings (SSSR count). The average molecular weight is 329 g/mol. The summed E-state index contributed by atoms with van der Waals surface area (Å²) in [5, 5.41) is 14.3. The Morgan fingerprint density at radius 1 is 1.38 bits per heavy atom. The molecule has 0 spiro atoms. The molecule has 0 radical (unpaired) electrons. The number of halogens is 1. The van der Waals surface area contributed by atoms with Crippen molar-refractivity contribution in [3.05, 3.63) is 17.2 Å². The van der Waals surface area contributed by atoms with E-state index < -0.39 is 17.5 Å². The van der Waals surface area contributed by atoms with Gasteiger partial charge < -0.3 is 15.7 Å². The number of fused-ring (bicyclic) bond motifs is 1. The zero-order valence-corrected chi connectivity index (χ0v) is 12.9. The molecule has 21 heavy (non-hydrogen) atoms. The Morgan fingerprint density at radius 3 is 2.76 bits per heavy atom. The third-order valence-electron chi connectivity index (χ3n) is 2.66. The van der Waals surface area contributed by atoms with Crippen LogP contribution in [0.5, 0.6) is 0 Å². The second kappa shape index (κ2) is 5.82. The number of benzene rings is 1. The van der Waals surface area contributed by atoms with Gasteiger partial charge in [-0.15, -0.1) is 0 Å². The molecule has 7 nitrogen and oxygen atoms in total. The molecular weight excluding hydrogens is 316 g/mol. The number of carbonyl (C=O) groups excluding carboxylic acids is 1. The molecule has 0 aliphatic carbocycles. The Morgan fingerprint density at radius 2 is 2.10 bits per heavy atom. The first kappa shape index (κ1) is 15.5. The van der Waals surface area contributed by atoms with Crippen LogP contribution in [0.15, 0.2) is 12.1 Å². The molecule has 0 aliphatic heterocycles. The molecule has 9 heteroatoms. The van der Waals surface area contributed by atoms with Crippen LogP contribution in [0.3, 0.4) is 0 Å². The van der Waals surface area contributed by atoms with Gasteiger partial charge in [0.1, 0.15) is 11.0 Å². The SMILES string of the molecule is CC(C)(CC(=O)O)NC(=O)Nc1c(Cl)ccc2nsnc12. The summed E-state index contributed by atoms with van der Waals surface area (Å²) >= 11 is 7.08. The third-order valence-corrected chi connectivity index (χ3v) is 3.52. The van der Waals surface area contributed by atoms with Gasteiger partial charge in [-0.2, -0.15) is 8.75 Å². The number of nitrogens with zero attached hydrogens (tertiary/aromatic N) is 2. The number of hydrogen-bond acceptors (Lipinski definition) is 5. The number of aliphatic carboxylic acids is 1. The van der Waals surface area contributed by atoms with E-state index >= 15 is 0 Å². The number of carbonyl (C=O) groups is 2. The molecule has 0 bridgehead atoms. The summed E-state index contributed by atoms with van der Waals surface area (Å²) in [7, 11) is 0. The van der Waals surface area contributed by atoms with Crippen LogP contribution in [-0.4, -0.2) is 31.4 Å². The molecule has 2 aromatic rings. The maximum atomic E-state index is 12.0. The summed E-state index contributed by atoms with van der Waals surface area (Å²) in [6, 6.07) is 2.77. The van der Waals surface area contributed by atoms with E-state index in [1.807, 2.05) is 0 Å². The van der Waals surface area contributed by atoms with Crippen molar-refractivity contribution in [2.24, 2.45) is 0 Å². The molecular formula is C12H13ClN4O3S. The summed E-state index contributed by atoms with van der Waals surface area (Å²) in [4.78, 5) is 22.7. The number of rotatable bonds is 4. The first-order valence-electron chi connectivity index (χ1n) is 6.00. The second-order valence-electron chi connectivity index (χ2n) is 5.09. The van der Waals surface area contributed by atoms with Crippen molar-refractivity contribution >= 4 is 52.1 Å². The Labute approximate surface area is 129 Å². The van der Waals surface area contributed by atoms with E-state index in [4.69, 9.17) is 16.7 Å². The molecule has 112 valence electrons. The number of aromatic nitrogens is 2. The summed E-state index contributed by atoms with van der Waals surface area (Å²) in [6.07, 6.45) is -0.198. The zero-order chi connectivity index (χ0) is 15.6.